The van der Waals surface area contributed by atoms with Crippen molar-refractivity contribution in [3.05, 3.63) is 35.9 Å². The lowest BCUT2D eigenvalue weighted by Crippen LogP contribution is -2.51. The summed E-state index contributed by atoms with van der Waals surface area (Å²) in [4.78, 5) is 32.7. The first-order valence-corrected chi connectivity index (χ1v) is 11.5. The van der Waals surface area contributed by atoms with Crippen molar-refractivity contribution in [2.24, 2.45) is 10.9 Å². The third-order valence-electron chi connectivity index (χ3n) is 5.90. The number of hydrogen-bond acceptors (Lipinski definition) is 3. The Kier molecular flexibility index (Phi) is 13.3. The van der Waals surface area contributed by atoms with Gasteiger partial charge in [0.1, 0.15) is 6.54 Å². The summed E-state index contributed by atoms with van der Waals surface area (Å²) in [5.74, 6) is 1.05. The molecule has 2 rings (SSSR count). The van der Waals surface area contributed by atoms with E-state index in [0.717, 1.165) is 51.7 Å². The van der Waals surface area contributed by atoms with Gasteiger partial charge in [0.2, 0.25) is 11.8 Å². The van der Waals surface area contributed by atoms with Gasteiger partial charge in [-0.3, -0.25) is 9.59 Å². The van der Waals surface area contributed by atoms with Crippen molar-refractivity contribution in [3.63, 3.8) is 0 Å². The van der Waals surface area contributed by atoms with Crippen LogP contribution >= 0.6 is 24.0 Å². The van der Waals surface area contributed by atoms with Crippen LogP contribution in [0.2, 0.25) is 0 Å². The second-order valence-electron chi connectivity index (χ2n) is 8.37. The summed E-state index contributed by atoms with van der Waals surface area (Å²) in [6.07, 6.45) is 4.44. The van der Waals surface area contributed by atoms with Crippen LogP contribution in [0.4, 0.5) is 0 Å². The lowest BCUT2D eigenvalue weighted by Gasteiger charge is -2.35. The molecule has 1 aliphatic heterocycles. The van der Waals surface area contributed by atoms with Crippen LogP contribution in [0.15, 0.2) is 35.3 Å². The Balaban J connectivity index is 0.00000512. The van der Waals surface area contributed by atoms with Crippen LogP contribution < -0.4 is 10.6 Å². The van der Waals surface area contributed by atoms with Gasteiger partial charge in [0.15, 0.2) is 5.96 Å². The minimum absolute atomic E-state index is 0. The number of carbonyl (C=O) groups is 2. The summed E-state index contributed by atoms with van der Waals surface area (Å²) in [5, 5.41) is 6.85. The van der Waals surface area contributed by atoms with Gasteiger partial charge in [-0.05, 0) is 37.7 Å². The standard InChI is InChI=1S/C24H39N5O2.HI/c1-5-20(6-2)23(31)29-16-13-21(14-17-29)27-24(26-18-22(30)28(3)4)25-15-12-19-10-8-7-9-11-19;/h7-11,20-21H,5-6,12-18H2,1-4H3,(H2,25,26,27);1H. The van der Waals surface area contributed by atoms with Gasteiger partial charge in [-0.25, -0.2) is 4.99 Å². The molecule has 1 aliphatic rings. The third-order valence-corrected chi connectivity index (χ3v) is 5.90. The van der Waals surface area contributed by atoms with E-state index in [1.807, 2.05) is 23.1 Å². The molecule has 0 radical (unpaired) electrons. The SMILES string of the molecule is CCC(CC)C(=O)N1CCC(NC(=NCC(=O)N(C)C)NCCc2ccccc2)CC1.I. The number of likely N-dealkylation sites (N-methyl/N-ethyl adjacent to an activating group) is 1. The second kappa shape index (κ2) is 15.1. The summed E-state index contributed by atoms with van der Waals surface area (Å²) in [6, 6.07) is 10.5. The number of nitrogens with one attached hydrogen (secondary N) is 2. The fourth-order valence-corrected chi connectivity index (χ4v) is 3.74. The van der Waals surface area contributed by atoms with E-state index in [0.29, 0.717) is 5.96 Å². The smallest absolute Gasteiger partial charge is 0.243 e. The van der Waals surface area contributed by atoms with Gasteiger partial charge >= 0.3 is 0 Å². The second-order valence-corrected chi connectivity index (χ2v) is 8.37. The monoisotopic (exact) mass is 557 g/mol. The Morgan fingerprint density at radius 2 is 1.75 bits per heavy atom. The summed E-state index contributed by atoms with van der Waals surface area (Å²) in [7, 11) is 3.47. The summed E-state index contributed by atoms with van der Waals surface area (Å²) < 4.78 is 0. The largest absolute Gasteiger partial charge is 0.356 e. The van der Waals surface area contributed by atoms with Crippen LogP contribution in [-0.2, 0) is 16.0 Å². The molecule has 7 nitrogen and oxygen atoms in total. The maximum atomic E-state index is 12.6. The highest BCUT2D eigenvalue weighted by molar-refractivity contribution is 14.0. The van der Waals surface area contributed by atoms with Gasteiger partial charge in [0.25, 0.3) is 0 Å². The van der Waals surface area contributed by atoms with E-state index in [-0.39, 0.29) is 54.3 Å². The molecule has 1 aromatic carbocycles. The predicted molar refractivity (Wildman–Crippen MR) is 141 cm³/mol. The number of amides is 2. The van der Waals surface area contributed by atoms with E-state index in [1.54, 1.807) is 19.0 Å². The molecule has 1 heterocycles. The number of piperidine rings is 1. The molecule has 1 saturated heterocycles. The highest BCUT2D eigenvalue weighted by atomic mass is 127. The lowest BCUT2D eigenvalue weighted by atomic mass is 9.98. The molecule has 0 aliphatic carbocycles. The first-order valence-electron chi connectivity index (χ1n) is 11.5. The number of hydrogen-bond donors (Lipinski definition) is 2. The minimum atomic E-state index is -0.0326. The van der Waals surface area contributed by atoms with Crippen molar-refractivity contribution in [1.29, 1.82) is 0 Å². The molecule has 1 aromatic rings. The van der Waals surface area contributed by atoms with Crippen LogP contribution in [0, 0.1) is 5.92 Å². The number of benzene rings is 1. The predicted octanol–water partition coefficient (Wildman–Crippen LogP) is 2.90. The first-order chi connectivity index (χ1) is 14.9. The average Bonchev–Trinajstić information content (AvgIpc) is 2.79. The number of rotatable bonds is 9. The molecule has 2 amide bonds. The normalized spacial score (nSPS) is 14.7. The highest BCUT2D eigenvalue weighted by Gasteiger charge is 2.26. The fraction of sp³-hybridized carbons (Fsp3) is 0.625. The van der Waals surface area contributed by atoms with E-state index in [9.17, 15) is 9.59 Å². The highest BCUT2D eigenvalue weighted by Crippen LogP contribution is 2.17. The van der Waals surface area contributed by atoms with Crippen molar-refractivity contribution in [3.8, 4) is 0 Å². The van der Waals surface area contributed by atoms with E-state index >= 15 is 0 Å². The maximum Gasteiger partial charge on any atom is 0.243 e. The van der Waals surface area contributed by atoms with Crippen molar-refractivity contribution in [2.45, 2.75) is 52.0 Å². The molecule has 2 N–H and O–H groups in total. The molecular formula is C24H40IN5O2. The Bertz CT molecular complexity index is 714. The van der Waals surface area contributed by atoms with Gasteiger partial charge in [-0.1, -0.05) is 44.2 Å². The van der Waals surface area contributed by atoms with Crippen LogP contribution in [0.1, 0.15) is 45.1 Å². The molecule has 32 heavy (non-hydrogen) atoms. The quantitative estimate of drug-likeness (QED) is 0.278. The summed E-state index contributed by atoms with van der Waals surface area (Å²) in [5.41, 5.74) is 1.26. The topological polar surface area (TPSA) is 77.0 Å². The Labute approximate surface area is 210 Å². The van der Waals surface area contributed by atoms with Crippen molar-refractivity contribution in [2.75, 3.05) is 40.3 Å². The Morgan fingerprint density at radius 1 is 1.12 bits per heavy atom. The van der Waals surface area contributed by atoms with Gasteiger partial charge < -0.3 is 20.4 Å². The Hall–Kier alpha value is -1.84. The zero-order chi connectivity index (χ0) is 22.6. The molecular weight excluding hydrogens is 517 g/mol. The lowest BCUT2D eigenvalue weighted by molar-refractivity contribution is -0.136. The third kappa shape index (κ3) is 9.34. The number of guanidine groups is 1. The van der Waals surface area contributed by atoms with Crippen LogP contribution in [0.3, 0.4) is 0 Å². The molecule has 0 unspecified atom stereocenters. The number of halogens is 1. The molecule has 8 heteroatoms. The van der Waals surface area contributed by atoms with Crippen LogP contribution in [0.5, 0.6) is 0 Å². The molecule has 180 valence electrons. The Morgan fingerprint density at radius 3 is 2.31 bits per heavy atom. The zero-order valence-corrected chi connectivity index (χ0v) is 22.3. The molecule has 1 fully saturated rings. The number of carbonyl (C=O) groups excluding carboxylic acids is 2. The van der Waals surface area contributed by atoms with E-state index in [1.165, 1.54) is 5.56 Å². The number of nitrogens with zero attached hydrogens (tertiary/aromatic N) is 3. The minimum Gasteiger partial charge on any atom is -0.356 e. The van der Waals surface area contributed by atoms with E-state index < -0.39 is 0 Å². The molecule has 0 spiro atoms. The maximum absolute atomic E-state index is 12.6. The van der Waals surface area contributed by atoms with E-state index in [4.69, 9.17) is 0 Å². The fourth-order valence-electron chi connectivity index (χ4n) is 3.74. The van der Waals surface area contributed by atoms with E-state index in [2.05, 4.69) is 41.6 Å². The number of likely N-dealkylation sites (tertiary alicyclic amines) is 1. The zero-order valence-electron chi connectivity index (χ0n) is 20.0. The molecule has 0 bridgehead atoms. The van der Waals surface area contributed by atoms with Crippen molar-refractivity contribution >= 4 is 41.8 Å². The molecule has 0 saturated carbocycles. The van der Waals surface area contributed by atoms with Crippen molar-refractivity contribution < 1.29 is 9.59 Å². The molecule has 0 atom stereocenters. The van der Waals surface area contributed by atoms with Gasteiger partial charge in [0, 0.05) is 45.7 Å². The van der Waals surface area contributed by atoms with Gasteiger partial charge in [-0.15, -0.1) is 24.0 Å². The van der Waals surface area contributed by atoms with Gasteiger partial charge in [0.05, 0.1) is 0 Å². The number of aliphatic imine (C=N–C) groups is 1. The van der Waals surface area contributed by atoms with Gasteiger partial charge in [-0.2, -0.15) is 0 Å². The first kappa shape index (κ1) is 28.2. The summed E-state index contributed by atoms with van der Waals surface area (Å²) in [6.45, 7) is 6.54. The average molecular weight is 558 g/mol. The van der Waals surface area contributed by atoms with Crippen molar-refractivity contribution in [1.82, 2.24) is 20.4 Å². The molecule has 0 aromatic heterocycles. The summed E-state index contributed by atoms with van der Waals surface area (Å²) >= 11 is 0. The van der Waals surface area contributed by atoms with Crippen LogP contribution in [-0.4, -0.2) is 73.9 Å². The van der Waals surface area contributed by atoms with Crippen LogP contribution in [0.25, 0.3) is 0 Å².